The predicted molar refractivity (Wildman–Crippen MR) is 243 cm³/mol. The van der Waals surface area contributed by atoms with Gasteiger partial charge < -0.3 is 110 Å². The first kappa shape index (κ1) is 60.4. The van der Waals surface area contributed by atoms with Gasteiger partial charge in [-0.15, -0.1) is 0 Å². The SMILES string of the molecule is Cc1ccc(O[C@@H]2O[C@H](CO)[C@@H](O)[C@H](O)[C@@H]2O)cc1.N#CC(O[C@@H]1O[C@H](CO[C@H]2C[C@@H](O)[C@H](O)[C@@H](CO)O2)[C@@H](O)[C@H](O)[C@H]1O)c1ccccc1.O.O=[N+]([O-])c1ccc(S[C@@H]2O[C@H](CO)[C@@H](O)[C@H](O)[C@H]2O)cc1. The molecule has 16 N–H and O–H groups in total. The Morgan fingerprint density at radius 3 is 1.72 bits per heavy atom. The van der Waals surface area contributed by atoms with E-state index in [1.54, 1.807) is 42.5 Å². The third-order valence-corrected chi connectivity index (χ3v) is 12.8. The number of non-ortho nitro benzene ring substituents is 1. The van der Waals surface area contributed by atoms with Crippen molar-refractivity contribution >= 4 is 17.4 Å². The quantitative estimate of drug-likeness (QED) is 0.0537. The summed E-state index contributed by atoms with van der Waals surface area (Å²) in [5.41, 5.74) is 0.615. The molecule has 20 atom stereocenters. The maximum Gasteiger partial charge on any atom is 0.269 e. The molecule has 0 amide bonds. The lowest BCUT2D eigenvalue weighted by Gasteiger charge is -2.41. The molecule has 72 heavy (non-hydrogen) atoms. The van der Waals surface area contributed by atoms with Crippen LogP contribution in [-0.2, 0) is 28.4 Å². The molecule has 402 valence electrons. The number of aliphatic hydroxyl groups excluding tert-OH is 14. The van der Waals surface area contributed by atoms with E-state index in [1.165, 1.54) is 24.3 Å². The van der Waals surface area contributed by atoms with Gasteiger partial charge in [0.15, 0.2) is 18.7 Å². The largest absolute Gasteiger partial charge is 0.462 e. The summed E-state index contributed by atoms with van der Waals surface area (Å²) in [4.78, 5) is 10.6. The highest BCUT2D eigenvalue weighted by Crippen LogP contribution is 2.34. The maximum absolute atomic E-state index is 10.6. The monoisotopic (exact) mass is 1050 g/mol. The molecule has 3 aromatic rings. The Balaban J connectivity index is 0.000000242. The molecule has 0 saturated carbocycles. The van der Waals surface area contributed by atoms with Gasteiger partial charge in [0, 0.05) is 23.4 Å². The van der Waals surface area contributed by atoms with Gasteiger partial charge in [0.05, 0.1) is 43.5 Å². The van der Waals surface area contributed by atoms with Gasteiger partial charge in [-0.25, -0.2) is 0 Å². The van der Waals surface area contributed by atoms with Gasteiger partial charge >= 0.3 is 0 Å². The van der Waals surface area contributed by atoms with Gasteiger partial charge in [-0.3, -0.25) is 10.1 Å². The van der Waals surface area contributed by atoms with Crippen LogP contribution in [0.5, 0.6) is 5.75 Å². The fourth-order valence-electron chi connectivity index (χ4n) is 7.35. The van der Waals surface area contributed by atoms with Crippen molar-refractivity contribution in [2.24, 2.45) is 0 Å². The van der Waals surface area contributed by atoms with Crippen molar-refractivity contribution in [3.63, 3.8) is 0 Å². The molecule has 3 aromatic carbocycles. The van der Waals surface area contributed by atoms with Gasteiger partial charge in [-0.2, -0.15) is 5.26 Å². The van der Waals surface area contributed by atoms with Crippen molar-refractivity contribution in [3.8, 4) is 11.8 Å². The van der Waals surface area contributed by atoms with Crippen LogP contribution in [0.3, 0.4) is 0 Å². The zero-order valence-electron chi connectivity index (χ0n) is 38.3. The number of rotatable bonds is 14. The van der Waals surface area contributed by atoms with Crippen LogP contribution in [0.2, 0.25) is 0 Å². The lowest BCUT2D eigenvalue weighted by atomic mass is 9.99. The molecule has 0 radical (unpaired) electrons. The zero-order valence-corrected chi connectivity index (χ0v) is 39.1. The molecule has 4 fully saturated rings. The maximum atomic E-state index is 10.6. The second-order valence-corrected chi connectivity index (χ2v) is 17.9. The number of aliphatic hydroxyl groups is 14. The molecule has 26 nitrogen and oxygen atoms in total. The summed E-state index contributed by atoms with van der Waals surface area (Å²) in [6.07, 6.45) is -24.5. The molecular formula is C45H62N2O24S. The van der Waals surface area contributed by atoms with E-state index in [2.05, 4.69) is 0 Å². The molecule has 4 aliphatic rings. The molecule has 4 heterocycles. The van der Waals surface area contributed by atoms with Gasteiger partial charge in [0.1, 0.15) is 96.6 Å². The first-order chi connectivity index (χ1) is 33.8. The van der Waals surface area contributed by atoms with Gasteiger partial charge in [0.2, 0.25) is 6.29 Å². The molecule has 27 heteroatoms. The fraction of sp³-hybridized carbons (Fsp3) is 0.578. The van der Waals surface area contributed by atoms with Crippen molar-refractivity contribution in [2.45, 2.75) is 140 Å². The average molecular weight is 1050 g/mol. The lowest BCUT2D eigenvalue weighted by Crippen LogP contribution is -2.60. The third-order valence-electron chi connectivity index (χ3n) is 11.6. The second kappa shape index (κ2) is 28.5. The van der Waals surface area contributed by atoms with Crippen LogP contribution in [0, 0.1) is 28.4 Å². The van der Waals surface area contributed by atoms with Crippen LogP contribution in [0.4, 0.5) is 5.69 Å². The smallest absolute Gasteiger partial charge is 0.269 e. The van der Waals surface area contributed by atoms with E-state index in [1.807, 2.05) is 25.1 Å². The second-order valence-electron chi connectivity index (χ2n) is 16.7. The number of hydrogen-bond acceptors (Lipinski definition) is 25. The number of hydrogen-bond donors (Lipinski definition) is 14. The minimum absolute atomic E-state index is 0. The summed E-state index contributed by atoms with van der Waals surface area (Å²) >= 11 is 1.04. The van der Waals surface area contributed by atoms with Crippen LogP contribution >= 0.6 is 11.8 Å². The number of nitro benzene ring substituents is 1. The number of nitrogens with zero attached hydrogens (tertiary/aromatic N) is 2. The van der Waals surface area contributed by atoms with E-state index in [9.17, 15) is 76.7 Å². The van der Waals surface area contributed by atoms with E-state index >= 15 is 0 Å². The summed E-state index contributed by atoms with van der Waals surface area (Å²) in [6, 6.07) is 23.1. The molecule has 0 aliphatic carbocycles. The topological polar surface area (TPSA) is 446 Å². The first-order valence-corrected chi connectivity index (χ1v) is 23.0. The first-order valence-electron chi connectivity index (χ1n) is 22.1. The summed E-state index contributed by atoms with van der Waals surface area (Å²) < 4.78 is 37.9. The van der Waals surface area contributed by atoms with E-state index in [-0.39, 0.29) is 24.2 Å². The minimum Gasteiger partial charge on any atom is -0.462 e. The van der Waals surface area contributed by atoms with E-state index in [0.717, 1.165) is 17.3 Å². The minimum atomic E-state index is -1.63. The molecule has 4 saturated heterocycles. The molecule has 4 aliphatic heterocycles. The normalized spacial score (nSPS) is 35.9. The Morgan fingerprint density at radius 1 is 0.653 bits per heavy atom. The van der Waals surface area contributed by atoms with E-state index in [0.29, 0.717) is 16.2 Å². The van der Waals surface area contributed by atoms with E-state index in [4.69, 9.17) is 43.4 Å². The number of nitriles is 1. The number of nitro groups is 1. The average Bonchev–Trinajstić information content (AvgIpc) is 3.37. The molecule has 0 aromatic heterocycles. The van der Waals surface area contributed by atoms with Crippen LogP contribution in [-0.4, -0.2) is 224 Å². The lowest BCUT2D eigenvalue weighted by molar-refractivity contribution is -0.384. The Morgan fingerprint density at radius 2 is 1.17 bits per heavy atom. The third kappa shape index (κ3) is 15.7. The Kier molecular flexibility index (Phi) is 23.9. The van der Waals surface area contributed by atoms with Crippen molar-refractivity contribution < 1.29 is 115 Å². The highest BCUT2D eigenvalue weighted by Gasteiger charge is 2.48. The number of thioether (sulfide) groups is 1. The van der Waals surface area contributed by atoms with Gasteiger partial charge in [0.25, 0.3) is 5.69 Å². The van der Waals surface area contributed by atoms with Crippen LogP contribution in [0.15, 0.2) is 83.8 Å². The zero-order chi connectivity index (χ0) is 52.1. The van der Waals surface area contributed by atoms with E-state index < -0.39 is 147 Å². The highest BCUT2D eigenvalue weighted by molar-refractivity contribution is 7.99. The number of ether oxygens (including phenoxy) is 7. The van der Waals surface area contributed by atoms with Gasteiger partial charge in [-0.05, 0) is 36.8 Å². The highest BCUT2D eigenvalue weighted by atomic mass is 32.2. The van der Waals surface area contributed by atoms with Crippen LogP contribution in [0.25, 0.3) is 0 Å². The molecule has 0 spiro atoms. The summed E-state index contributed by atoms with van der Waals surface area (Å²) in [5.74, 6) is 0.468. The van der Waals surface area contributed by atoms with Crippen molar-refractivity contribution in [1.82, 2.24) is 0 Å². The van der Waals surface area contributed by atoms with Crippen molar-refractivity contribution in [3.05, 3.63) is 100 Å². The van der Waals surface area contributed by atoms with Crippen LogP contribution in [0.1, 0.15) is 23.7 Å². The molecule has 0 bridgehead atoms. The standard InChI is InChI=1S/C20H27NO10.C13H18O6.C12H15NO7S.H2O/c21-7-12(10-4-2-1-3-5-10)30-20-19(27)18(26)17(25)14(31-20)9-28-15-6-11(23)16(24)13(8-22)29-15;1-7-2-4-8(5-3-7)18-13-12(17)11(16)10(15)9(6-14)19-13;14-5-8-9(15)10(16)11(17)12(20-8)21-7-3-1-6(2-4-7)13(18)19;/h1-5,11-20,22-27H,6,8-9H2;2-5,9-17H,6H2,1H3;1-4,8-12,14-17H,5H2;1H2/t11-,12?,13-,14-,15-,16+,17-,18+,19-,20-;9-,10-,11+,12+,13-;8-,9-,10+,11-,12+;/m111./s1. The Hall–Kier alpha value is -4.14. The molecule has 1 unspecified atom stereocenters. The van der Waals surface area contributed by atoms with Gasteiger partial charge in [-0.1, -0.05) is 59.8 Å². The van der Waals surface area contributed by atoms with Crippen molar-refractivity contribution in [1.29, 1.82) is 5.26 Å². The molecular weight excluding hydrogens is 985 g/mol. The number of benzene rings is 3. The molecule has 7 rings (SSSR count). The summed E-state index contributed by atoms with van der Waals surface area (Å²) in [7, 11) is 0. The van der Waals surface area contributed by atoms with Crippen molar-refractivity contribution in [2.75, 3.05) is 26.4 Å². The van der Waals surface area contributed by atoms with Crippen LogP contribution < -0.4 is 4.74 Å². The summed E-state index contributed by atoms with van der Waals surface area (Å²) in [6.45, 7) is 0.105. The predicted octanol–water partition coefficient (Wildman–Crippen LogP) is -4.24. The number of aryl methyl sites for hydroxylation is 1. The Labute approximate surface area is 415 Å². The Bertz CT molecular complexity index is 2090. The summed E-state index contributed by atoms with van der Waals surface area (Å²) in [5, 5.41) is 156. The fourth-order valence-corrected chi connectivity index (χ4v) is 8.41.